The van der Waals surface area contributed by atoms with Crippen molar-refractivity contribution in [3.63, 3.8) is 0 Å². The van der Waals surface area contributed by atoms with Gasteiger partial charge in [0.2, 0.25) is 0 Å². The van der Waals surface area contributed by atoms with Crippen molar-refractivity contribution in [1.82, 2.24) is 4.98 Å². The number of rotatable bonds is 5. The number of hydrogen-bond acceptors (Lipinski definition) is 1. The molecule has 0 aliphatic heterocycles. The molecule has 1 rings (SSSR count). The number of allylic oxidation sites excluding steroid dienone is 1. The molecule has 0 radical (unpaired) electrons. The predicted octanol–water partition coefficient (Wildman–Crippen LogP) is 3.76. The third kappa shape index (κ3) is 5.36. The topological polar surface area (TPSA) is 12.9 Å². The van der Waals surface area contributed by atoms with Gasteiger partial charge in [-0.25, -0.2) is 0 Å². The van der Waals surface area contributed by atoms with E-state index in [0.717, 1.165) is 30.5 Å². The standard InChI is InChI=1S/C15H19N/c1-3-4-5-6-7-10-14(2)13-15-11-8-9-12-16-15/h8-9,11-12H,2-5,10,13H2,1H3. The Morgan fingerprint density at radius 1 is 1.38 bits per heavy atom. The van der Waals surface area contributed by atoms with Crippen LogP contribution < -0.4 is 0 Å². The first-order valence-electron chi connectivity index (χ1n) is 5.85. The molecule has 0 bridgehead atoms. The lowest BCUT2D eigenvalue weighted by atomic mass is 10.1. The molecule has 0 spiro atoms. The molecule has 0 aliphatic rings. The molecule has 0 aromatic carbocycles. The van der Waals surface area contributed by atoms with Gasteiger partial charge in [0.15, 0.2) is 0 Å². The van der Waals surface area contributed by atoms with Crippen LogP contribution in [-0.2, 0) is 6.42 Å². The summed E-state index contributed by atoms with van der Waals surface area (Å²) in [6.45, 7) is 6.21. The van der Waals surface area contributed by atoms with Gasteiger partial charge in [-0.3, -0.25) is 4.98 Å². The summed E-state index contributed by atoms with van der Waals surface area (Å²) in [4.78, 5) is 4.27. The number of aromatic nitrogens is 1. The number of nitrogens with zero attached hydrogens (tertiary/aromatic N) is 1. The van der Waals surface area contributed by atoms with Crippen molar-refractivity contribution in [3.05, 3.63) is 42.2 Å². The van der Waals surface area contributed by atoms with E-state index in [1.54, 1.807) is 0 Å². The summed E-state index contributed by atoms with van der Waals surface area (Å²) in [6, 6.07) is 5.95. The Balaban J connectivity index is 2.28. The Morgan fingerprint density at radius 3 is 2.94 bits per heavy atom. The Bertz CT molecular complexity index is 367. The largest absolute Gasteiger partial charge is 0.261 e. The lowest BCUT2D eigenvalue weighted by Crippen LogP contribution is -1.91. The van der Waals surface area contributed by atoms with Crippen molar-refractivity contribution < 1.29 is 0 Å². The van der Waals surface area contributed by atoms with Crippen molar-refractivity contribution >= 4 is 0 Å². The minimum absolute atomic E-state index is 0.792. The molecule has 1 heterocycles. The van der Waals surface area contributed by atoms with Crippen molar-refractivity contribution in [2.75, 3.05) is 0 Å². The molecular weight excluding hydrogens is 194 g/mol. The zero-order valence-electron chi connectivity index (χ0n) is 10.00. The number of hydrogen-bond donors (Lipinski definition) is 0. The number of pyridine rings is 1. The van der Waals surface area contributed by atoms with Crippen molar-refractivity contribution in [3.8, 4) is 11.8 Å². The molecule has 16 heavy (non-hydrogen) atoms. The zero-order valence-corrected chi connectivity index (χ0v) is 10.00. The summed E-state index contributed by atoms with van der Waals surface area (Å²) in [5, 5.41) is 0. The third-order valence-corrected chi connectivity index (χ3v) is 2.28. The summed E-state index contributed by atoms with van der Waals surface area (Å²) in [5.41, 5.74) is 2.21. The van der Waals surface area contributed by atoms with E-state index in [1.807, 2.05) is 24.4 Å². The predicted molar refractivity (Wildman–Crippen MR) is 69.0 cm³/mol. The smallest absolute Gasteiger partial charge is 0.0444 e. The maximum Gasteiger partial charge on any atom is 0.0444 e. The van der Waals surface area contributed by atoms with Gasteiger partial charge < -0.3 is 0 Å². The fourth-order valence-corrected chi connectivity index (χ4v) is 1.36. The molecule has 84 valence electrons. The van der Waals surface area contributed by atoms with Gasteiger partial charge >= 0.3 is 0 Å². The van der Waals surface area contributed by atoms with Gasteiger partial charge in [0, 0.05) is 31.2 Å². The maximum absolute atomic E-state index is 4.27. The van der Waals surface area contributed by atoms with Crippen molar-refractivity contribution in [2.24, 2.45) is 0 Å². The second-order valence-electron chi connectivity index (χ2n) is 3.88. The first kappa shape index (κ1) is 12.5. The average molecular weight is 213 g/mol. The van der Waals surface area contributed by atoms with Crippen LogP contribution in [0.5, 0.6) is 0 Å². The molecule has 1 aromatic heterocycles. The molecular formula is C15H19N. The van der Waals surface area contributed by atoms with Crippen LogP contribution in [0.2, 0.25) is 0 Å². The highest BCUT2D eigenvalue weighted by atomic mass is 14.7. The van der Waals surface area contributed by atoms with Gasteiger partial charge in [-0.1, -0.05) is 37.5 Å². The first-order chi connectivity index (χ1) is 7.83. The SMILES string of the molecule is C=C(CC#CCCCC)Cc1ccccn1. The van der Waals surface area contributed by atoms with Gasteiger partial charge in [-0.2, -0.15) is 0 Å². The maximum atomic E-state index is 4.27. The fourth-order valence-electron chi connectivity index (χ4n) is 1.36. The monoisotopic (exact) mass is 213 g/mol. The Morgan fingerprint density at radius 2 is 2.25 bits per heavy atom. The van der Waals surface area contributed by atoms with Crippen LogP contribution in [0.3, 0.4) is 0 Å². The van der Waals surface area contributed by atoms with Crippen LogP contribution >= 0.6 is 0 Å². The molecule has 0 saturated heterocycles. The Labute approximate surface area is 98.6 Å². The van der Waals surface area contributed by atoms with E-state index in [2.05, 4.69) is 30.3 Å². The van der Waals surface area contributed by atoms with Gasteiger partial charge in [-0.15, -0.1) is 5.92 Å². The molecule has 0 unspecified atom stereocenters. The normalized spacial score (nSPS) is 9.31. The molecule has 0 aliphatic carbocycles. The van der Waals surface area contributed by atoms with E-state index in [4.69, 9.17) is 0 Å². The van der Waals surface area contributed by atoms with Crippen molar-refractivity contribution in [1.29, 1.82) is 0 Å². The van der Waals surface area contributed by atoms with Gasteiger partial charge in [0.25, 0.3) is 0 Å². The third-order valence-electron chi connectivity index (χ3n) is 2.28. The Hall–Kier alpha value is -1.55. The average Bonchev–Trinajstić information content (AvgIpc) is 2.30. The van der Waals surface area contributed by atoms with Crippen LogP contribution in [0, 0.1) is 11.8 Å². The second-order valence-corrected chi connectivity index (χ2v) is 3.88. The highest BCUT2D eigenvalue weighted by molar-refractivity contribution is 5.17. The van der Waals surface area contributed by atoms with E-state index < -0.39 is 0 Å². The number of unbranched alkanes of at least 4 members (excludes halogenated alkanes) is 2. The highest BCUT2D eigenvalue weighted by Gasteiger charge is 1.95. The molecule has 0 atom stereocenters. The van der Waals surface area contributed by atoms with E-state index in [1.165, 1.54) is 12.8 Å². The van der Waals surface area contributed by atoms with Crippen LogP contribution in [0.1, 0.15) is 38.3 Å². The van der Waals surface area contributed by atoms with E-state index in [9.17, 15) is 0 Å². The highest BCUT2D eigenvalue weighted by Crippen LogP contribution is 2.06. The summed E-state index contributed by atoms with van der Waals surface area (Å²) < 4.78 is 0. The van der Waals surface area contributed by atoms with Gasteiger partial charge in [0.05, 0.1) is 0 Å². The zero-order chi connectivity index (χ0) is 11.6. The van der Waals surface area contributed by atoms with Gasteiger partial charge in [0.1, 0.15) is 0 Å². The van der Waals surface area contributed by atoms with E-state index in [-0.39, 0.29) is 0 Å². The van der Waals surface area contributed by atoms with Gasteiger partial charge in [-0.05, 0) is 18.6 Å². The van der Waals surface area contributed by atoms with Crippen molar-refractivity contribution in [2.45, 2.75) is 39.0 Å². The minimum atomic E-state index is 0.792. The molecule has 1 aromatic rings. The first-order valence-corrected chi connectivity index (χ1v) is 5.85. The van der Waals surface area contributed by atoms with E-state index >= 15 is 0 Å². The van der Waals surface area contributed by atoms with E-state index in [0.29, 0.717) is 0 Å². The van der Waals surface area contributed by atoms with Crippen LogP contribution in [-0.4, -0.2) is 4.98 Å². The van der Waals surface area contributed by atoms with Crippen LogP contribution in [0.15, 0.2) is 36.5 Å². The lowest BCUT2D eigenvalue weighted by Gasteiger charge is -2.00. The quantitative estimate of drug-likeness (QED) is 0.412. The Kier molecular flexibility index (Phi) is 6.03. The summed E-state index contributed by atoms with van der Waals surface area (Å²) >= 11 is 0. The molecule has 1 nitrogen and oxygen atoms in total. The lowest BCUT2D eigenvalue weighted by molar-refractivity contribution is 0.827. The minimum Gasteiger partial charge on any atom is -0.261 e. The summed E-state index contributed by atoms with van der Waals surface area (Å²) in [7, 11) is 0. The molecule has 0 fully saturated rings. The second kappa shape index (κ2) is 7.70. The fraction of sp³-hybridized carbons (Fsp3) is 0.400. The summed E-state index contributed by atoms with van der Waals surface area (Å²) in [6.07, 6.45) is 6.86. The van der Waals surface area contributed by atoms with Crippen LogP contribution in [0.4, 0.5) is 0 Å². The van der Waals surface area contributed by atoms with Crippen LogP contribution in [0.25, 0.3) is 0 Å². The molecule has 0 N–H and O–H groups in total. The molecule has 1 heteroatoms. The summed E-state index contributed by atoms with van der Waals surface area (Å²) in [5.74, 6) is 6.33. The molecule has 0 saturated carbocycles. The molecule has 0 amide bonds.